The number of phosphoric acid groups is 1. The molecule has 0 spiro atoms. The number of allylic oxidation sites excluding steroid dienone is 8. The predicted molar refractivity (Wildman–Crippen MR) is 154 cm³/mol. The van der Waals surface area contributed by atoms with Crippen LogP contribution in [0.5, 0.6) is 0 Å². The summed E-state index contributed by atoms with van der Waals surface area (Å²) in [5.74, 6) is 0. The fourth-order valence-electron chi connectivity index (χ4n) is 3.45. The van der Waals surface area contributed by atoms with Gasteiger partial charge in [0, 0.05) is 13.2 Å². The molecule has 2 unspecified atom stereocenters. The van der Waals surface area contributed by atoms with Crippen LogP contribution < -0.4 is 5.73 Å². The first-order valence-corrected chi connectivity index (χ1v) is 15.7. The molecule has 0 rings (SSSR count). The highest BCUT2D eigenvalue weighted by Crippen LogP contribution is 2.42. The Hall–Kier alpha value is -1.05. The van der Waals surface area contributed by atoms with E-state index in [-0.39, 0.29) is 26.4 Å². The maximum Gasteiger partial charge on any atom is 0.472 e. The second kappa shape index (κ2) is 28.0. The van der Waals surface area contributed by atoms with E-state index in [1.165, 1.54) is 51.4 Å². The third-order valence-electron chi connectivity index (χ3n) is 5.49. The third kappa shape index (κ3) is 29.4. The molecule has 8 heteroatoms. The number of unbranched alkanes of at least 4 members (excludes halogenated alkanes) is 9. The first-order valence-electron chi connectivity index (χ1n) is 14.2. The van der Waals surface area contributed by atoms with Gasteiger partial charge in [0.05, 0.1) is 19.8 Å². The summed E-state index contributed by atoms with van der Waals surface area (Å²) in [5.41, 5.74) is 5.20. The Morgan fingerprint density at radius 1 is 0.703 bits per heavy atom. The minimum atomic E-state index is -4.15. The average molecular weight is 544 g/mol. The monoisotopic (exact) mass is 543 g/mol. The number of aliphatic hydroxyl groups is 1. The average Bonchev–Trinajstić information content (AvgIpc) is 2.89. The van der Waals surface area contributed by atoms with Gasteiger partial charge in [-0.1, -0.05) is 100 Å². The SMILES string of the molecule is CC/C=C\C/C=C\C/C=C\C/C=C\CCCCCCCCCCCOCC(O)COP(=O)(O)OCCN. The van der Waals surface area contributed by atoms with Crippen molar-refractivity contribution >= 4 is 7.82 Å². The van der Waals surface area contributed by atoms with E-state index in [9.17, 15) is 14.6 Å². The predicted octanol–water partition coefficient (Wildman–Crippen LogP) is 7.16. The molecular formula is C29H54NO6P. The molecule has 0 heterocycles. The zero-order valence-electron chi connectivity index (χ0n) is 23.2. The molecule has 37 heavy (non-hydrogen) atoms. The zero-order valence-corrected chi connectivity index (χ0v) is 24.1. The van der Waals surface area contributed by atoms with E-state index in [4.69, 9.17) is 15.0 Å². The summed E-state index contributed by atoms with van der Waals surface area (Å²) in [6, 6.07) is 0. The van der Waals surface area contributed by atoms with Crippen LogP contribution in [0.25, 0.3) is 0 Å². The van der Waals surface area contributed by atoms with Crippen LogP contribution in [0.1, 0.15) is 96.8 Å². The van der Waals surface area contributed by atoms with Gasteiger partial charge in [-0.2, -0.15) is 0 Å². The summed E-state index contributed by atoms with van der Waals surface area (Å²) in [6.07, 6.45) is 33.3. The van der Waals surface area contributed by atoms with Crippen LogP contribution in [0.3, 0.4) is 0 Å². The Labute approximate surface area is 226 Å². The molecule has 216 valence electrons. The quantitative estimate of drug-likeness (QED) is 0.0572. The van der Waals surface area contributed by atoms with Gasteiger partial charge in [0.1, 0.15) is 6.10 Å². The largest absolute Gasteiger partial charge is 0.472 e. The molecule has 4 N–H and O–H groups in total. The van der Waals surface area contributed by atoms with Gasteiger partial charge in [-0.15, -0.1) is 0 Å². The summed E-state index contributed by atoms with van der Waals surface area (Å²) in [7, 11) is -4.15. The molecule has 0 aliphatic carbocycles. The molecule has 0 radical (unpaired) electrons. The lowest BCUT2D eigenvalue weighted by Gasteiger charge is -2.15. The van der Waals surface area contributed by atoms with E-state index in [1.807, 2.05) is 0 Å². The van der Waals surface area contributed by atoms with E-state index in [0.717, 1.165) is 38.5 Å². The topological polar surface area (TPSA) is 111 Å². The number of aliphatic hydroxyl groups excluding tert-OH is 1. The van der Waals surface area contributed by atoms with Crippen molar-refractivity contribution in [2.24, 2.45) is 5.73 Å². The van der Waals surface area contributed by atoms with Crippen molar-refractivity contribution in [3.05, 3.63) is 48.6 Å². The van der Waals surface area contributed by atoms with Crippen molar-refractivity contribution in [1.29, 1.82) is 0 Å². The molecular weight excluding hydrogens is 489 g/mol. The molecule has 0 amide bonds. The van der Waals surface area contributed by atoms with E-state index in [1.54, 1.807) is 0 Å². The summed E-state index contributed by atoms with van der Waals surface area (Å²) in [4.78, 5) is 9.35. The Kier molecular flexibility index (Phi) is 27.2. The van der Waals surface area contributed by atoms with Gasteiger partial charge in [0.25, 0.3) is 0 Å². The smallest absolute Gasteiger partial charge is 0.388 e. The van der Waals surface area contributed by atoms with Gasteiger partial charge < -0.3 is 20.5 Å². The van der Waals surface area contributed by atoms with Crippen LogP contribution >= 0.6 is 7.82 Å². The van der Waals surface area contributed by atoms with Crippen molar-refractivity contribution in [3.8, 4) is 0 Å². The molecule has 0 aliphatic rings. The Bertz CT molecular complexity index is 650. The van der Waals surface area contributed by atoms with Crippen LogP contribution in [0.15, 0.2) is 48.6 Å². The number of nitrogens with two attached hydrogens (primary N) is 1. The van der Waals surface area contributed by atoms with Gasteiger partial charge in [-0.05, 0) is 44.9 Å². The molecule has 0 aromatic carbocycles. The molecule has 0 bridgehead atoms. The summed E-state index contributed by atoms with van der Waals surface area (Å²) in [6.45, 7) is 2.51. The van der Waals surface area contributed by atoms with Crippen LogP contribution in [0, 0.1) is 0 Å². The van der Waals surface area contributed by atoms with Crippen molar-refractivity contribution < 1.29 is 28.3 Å². The highest BCUT2D eigenvalue weighted by Gasteiger charge is 2.22. The maximum absolute atomic E-state index is 11.5. The molecule has 0 aliphatic heterocycles. The molecule has 0 saturated carbocycles. The highest BCUT2D eigenvalue weighted by atomic mass is 31.2. The van der Waals surface area contributed by atoms with E-state index in [0.29, 0.717) is 6.61 Å². The maximum atomic E-state index is 11.5. The Morgan fingerprint density at radius 2 is 1.22 bits per heavy atom. The summed E-state index contributed by atoms with van der Waals surface area (Å²) >= 11 is 0. The lowest BCUT2D eigenvalue weighted by Crippen LogP contribution is -2.22. The van der Waals surface area contributed by atoms with Crippen LogP contribution in [-0.4, -0.2) is 49.1 Å². The number of phosphoric ester groups is 1. The first-order chi connectivity index (χ1) is 18.0. The van der Waals surface area contributed by atoms with Crippen LogP contribution in [0.2, 0.25) is 0 Å². The molecule has 0 aromatic heterocycles. The van der Waals surface area contributed by atoms with Gasteiger partial charge >= 0.3 is 7.82 Å². The van der Waals surface area contributed by atoms with Crippen molar-refractivity contribution in [1.82, 2.24) is 0 Å². The standard InChI is InChI=1S/C29H54NO6P/c1-2-3-4-5-6-7-8-9-10-11-12-13-14-15-16-17-18-19-20-21-22-23-25-34-27-29(31)28-36-37(32,33)35-26-24-30/h3-4,6-7,9-10,12-13,29,31H,2,5,8,11,14-28,30H2,1H3,(H,32,33)/b4-3-,7-6-,10-9-,13-12-. The number of hydrogen-bond donors (Lipinski definition) is 3. The third-order valence-corrected chi connectivity index (χ3v) is 6.48. The molecule has 0 aromatic rings. The van der Waals surface area contributed by atoms with Gasteiger partial charge in [-0.25, -0.2) is 4.57 Å². The molecule has 0 saturated heterocycles. The van der Waals surface area contributed by atoms with E-state index < -0.39 is 13.9 Å². The van der Waals surface area contributed by atoms with Gasteiger partial charge in [0.2, 0.25) is 0 Å². The zero-order chi connectivity index (χ0) is 27.3. The fraction of sp³-hybridized carbons (Fsp3) is 0.724. The fourth-order valence-corrected chi connectivity index (χ4v) is 4.23. The lowest BCUT2D eigenvalue weighted by atomic mass is 10.1. The number of rotatable bonds is 27. The summed E-state index contributed by atoms with van der Waals surface area (Å²) in [5, 5.41) is 9.74. The highest BCUT2D eigenvalue weighted by molar-refractivity contribution is 7.47. The minimum absolute atomic E-state index is 0.0673. The number of ether oxygens (including phenoxy) is 1. The number of hydrogen-bond acceptors (Lipinski definition) is 6. The Balaban J connectivity index is 3.36. The van der Waals surface area contributed by atoms with Crippen LogP contribution in [-0.2, 0) is 18.3 Å². The van der Waals surface area contributed by atoms with Gasteiger partial charge in [-0.3, -0.25) is 9.05 Å². The molecule has 7 nitrogen and oxygen atoms in total. The Morgan fingerprint density at radius 3 is 1.78 bits per heavy atom. The van der Waals surface area contributed by atoms with Crippen molar-refractivity contribution in [2.45, 2.75) is 103 Å². The normalized spacial score (nSPS) is 15.0. The van der Waals surface area contributed by atoms with Crippen LogP contribution in [0.4, 0.5) is 0 Å². The van der Waals surface area contributed by atoms with E-state index in [2.05, 4.69) is 60.1 Å². The second-order valence-electron chi connectivity index (χ2n) is 9.09. The molecule has 2 atom stereocenters. The molecule has 0 fully saturated rings. The lowest BCUT2D eigenvalue weighted by molar-refractivity contribution is 0.00230. The minimum Gasteiger partial charge on any atom is -0.388 e. The van der Waals surface area contributed by atoms with Gasteiger partial charge in [0.15, 0.2) is 0 Å². The summed E-state index contributed by atoms with van der Waals surface area (Å²) < 4.78 is 26.1. The second-order valence-corrected chi connectivity index (χ2v) is 10.5. The van der Waals surface area contributed by atoms with Crippen molar-refractivity contribution in [2.75, 3.05) is 33.0 Å². The van der Waals surface area contributed by atoms with Crippen molar-refractivity contribution in [3.63, 3.8) is 0 Å². The van der Waals surface area contributed by atoms with E-state index >= 15 is 0 Å². The first kappa shape index (κ1) is 35.9.